The summed E-state index contributed by atoms with van der Waals surface area (Å²) >= 11 is 1.53. The van der Waals surface area contributed by atoms with Gasteiger partial charge in [0.05, 0.1) is 20.0 Å². The van der Waals surface area contributed by atoms with E-state index in [0.29, 0.717) is 24.8 Å². The first-order valence-electron chi connectivity index (χ1n) is 10.7. The van der Waals surface area contributed by atoms with Gasteiger partial charge in [-0.3, -0.25) is 9.59 Å². The maximum absolute atomic E-state index is 13.2. The Hall–Kier alpha value is -2.67. The smallest absolute Gasteiger partial charge is 0.242 e. The molecule has 0 aromatic heterocycles. The number of benzene rings is 2. The minimum atomic E-state index is -0.575. The average molecular weight is 459 g/mol. The Kier molecular flexibility index (Phi) is 10.4. The van der Waals surface area contributed by atoms with Crippen LogP contribution >= 0.6 is 11.8 Å². The van der Waals surface area contributed by atoms with E-state index in [0.717, 1.165) is 22.6 Å². The Labute approximate surface area is 195 Å². The second kappa shape index (κ2) is 13.0. The first-order valence-corrected chi connectivity index (χ1v) is 11.9. The molecule has 0 spiro atoms. The van der Waals surface area contributed by atoms with Gasteiger partial charge in [0.15, 0.2) is 0 Å². The summed E-state index contributed by atoms with van der Waals surface area (Å²) in [6.45, 7) is 6.79. The van der Waals surface area contributed by atoms with E-state index in [2.05, 4.69) is 5.32 Å². The second-order valence-electron chi connectivity index (χ2n) is 8.03. The van der Waals surface area contributed by atoms with Gasteiger partial charge in [0, 0.05) is 18.8 Å². The van der Waals surface area contributed by atoms with E-state index >= 15 is 0 Å². The molecule has 1 N–H and O–H groups in total. The SMILES string of the molecule is COc1ccc(CSCC(=O)N(Cc2cccc(OC)c2)[C@@H](C)C(=O)NCC(C)C)cc1. The summed E-state index contributed by atoms with van der Waals surface area (Å²) in [6, 6.07) is 14.8. The van der Waals surface area contributed by atoms with E-state index in [1.54, 1.807) is 26.0 Å². The molecule has 0 saturated heterocycles. The van der Waals surface area contributed by atoms with E-state index in [9.17, 15) is 9.59 Å². The molecule has 2 aromatic rings. The summed E-state index contributed by atoms with van der Waals surface area (Å²) in [5.41, 5.74) is 2.03. The van der Waals surface area contributed by atoms with Gasteiger partial charge in [0.2, 0.25) is 11.8 Å². The van der Waals surface area contributed by atoms with Gasteiger partial charge in [0.1, 0.15) is 17.5 Å². The predicted octanol–water partition coefficient (Wildman–Crippen LogP) is 4.13. The number of thioether (sulfide) groups is 1. The van der Waals surface area contributed by atoms with Crippen molar-refractivity contribution >= 4 is 23.6 Å². The number of carbonyl (C=O) groups is 2. The van der Waals surface area contributed by atoms with Gasteiger partial charge in [-0.1, -0.05) is 38.1 Å². The number of ether oxygens (including phenoxy) is 2. The molecule has 0 aliphatic carbocycles. The number of carbonyl (C=O) groups excluding carboxylic acids is 2. The van der Waals surface area contributed by atoms with Gasteiger partial charge >= 0.3 is 0 Å². The first-order chi connectivity index (χ1) is 15.3. The lowest BCUT2D eigenvalue weighted by Crippen LogP contribution is -2.48. The summed E-state index contributed by atoms with van der Waals surface area (Å²) in [5, 5.41) is 2.94. The molecule has 0 unspecified atom stereocenters. The summed E-state index contributed by atoms with van der Waals surface area (Å²) in [6.07, 6.45) is 0. The molecule has 1 atom stereocenters. The molecule has 0 heterocycles. The van der Waals surface area contributed by atoms with Crippen molar-refractivity contribution in [3.8, 4) is 11.5 Å². The summed E-state index contributed by atoms with van der Waals surface area (Å²) in [4.78, 5) is 27.5. The molecule has 7 heteroatoms. The molecule has 0 fully saturated rings. The number of hydrogen-bond acceptors (Lipinski definition) is 5. The fraction of sp³-hybridized carbons (Fsp3) is 0.440. The van der Waals surface area contributed by atoms with Crippen LogP contribution in [0.1, 0.15) is 31.9 Å². The molecule has 0 aliphatic heterocycles. The highest BCUT2D eigenvalue weighted by Crippen LogP contribution is 2.20. The third-order valence-corrected chi connectivity index (χ3v) is 5.98. The highest BCUT2D eigenvalue weighted by Gasteiger charge is 2.26. The molecule has 0 bridgehead atoms. The molecular formula is C25H34N2O4S. The van der Waals surface area contributed by atoms with Crippen molar-refractivity contribution in [2.75, 3.05) is 26.5 Å². The van der Waals surface area contributed by atoms with Crippen molar-refractivity contribution in [3.63, 3.8) is 0 Å². The molecule has 6 nitrogen and oxygen atoms in total. The van der Waals surface area contributed by atoms with Crippen LogP contribution in [0.25, 0.3) is 0 Å². The third-order valence-electron chi connectivity index (χ3n) is 4.99. The fourth-order valence-electron chi connectivity index (χ4n) is 3.06. The summed E-state index contributed by atoms with van der Waals surface area (Å²) < 4.78 is 10.5. The van der Waals surface area contributed by atoms with Crippen molar-refractivity contribution < 1.29 is 19.1 Å². The van der Waals surface area contributed by atoms with Crippen LogP contribution in [0.15, 0.2) is 48.5 Å². The topological polar surface area (TPSA) is 67.9 Å². The third kappa shape index (κ3) is 8.11. The van der Waals surface area contributed by atoms with Gasteiger partial charge in [-0.2, -0.15) is 0 Å². The lowest BCUT2D eigenvalue weighted by atomic mass is 10.1. The van der Waals surface area contributed by atoms with Crippen molar-refractivity contribution in [2.24, 2.45) is 5.92 Å². The number of rotatable bonds is 12. The Morgan fingerprint density at radius 1 is 0.969 bits per heavy atom. The van der Waals surface area contributed by atoms with Crippen molar-refractivity contribution in [1.29, 1.82) is 0 Å². The maximum Gasteiger partial charge on any atom is 0.242 e. The zero-order valence-corrected chi connectivity index (χ0v) is 20.4. The van der Waals surface area contributed by atoms with Crippen LogP contribution in [0.3, 0.4) is 0 Å². The summed E-state index contributed by atoms with van der Waals surface area (Å²) in [5.74, 6) is 2.65. The van der Waals surface area contributed by atoms with E-state index in [4.69, 9.17) is 9.47 Å². The van der Waals surface area contributed by atoms with Crippen LogP contribution in [0.2, 0.25) is 0 Å². The molecule has 32 heavy (non-hydrogen) atoms. The average Bonchev–Trinajstić information content (AvgIpc) is 2.81. The minimum absolute atomic E-state index is 0.0708. The number of nitrogens with one attached hydrogen (secondary N) is 1. The quantitative estimate of drug-likeness (QED) is 0.518. The molecule has 174 valence electrons. The van der Waals surface area contributed by atoms with E-state index in [-0.39, 0.29) is 17.6 Å². The number of amides is 2. The fourth-order valence-corrected chi connectivity index (χ4v) is 3.93. The van der Waals surface area contributed by atoms with Gasteiger partial charge in [-0.15, -0.1) is 11.8 Å². The molecule has 0 radical (unpaired) electrons. The molecule has 2 rings (SSSR count). The number of nitrogens with zero attached hydrogens (tertiary/aromatic N) is 1. The number of methoxy groups -OCH3 is 2. The molecule has 0 aliphatic rings. The summed E-state index contributed by atoms with van der Waals surface area (Å²) in [7, 11) is 3.25. The van der Waals surface area contributed by atoms with E-state index in [1.807, 2.05) is 62.4 Å². The first kappa shape index (κ1) is 25.6. The van der Waals surface area contributed by atoms with Crippen LogP contribution in [-0.2, 0) is 21.9 Å². The maximum atomic E-state index is 13.2. The molecule has 0 saturated carbocycles. The van der Waals surface area contributed by atoms with Crippen LogP contribution in [-0.4, -0.2) is 49.3 Å². The Morgan fingerprint density at radius 2 is 1.66 bits per heavy atom. The van der Waals surface area contributed by atoms with Gasteiger partial charge in [0.25, 0.3) is 0 Å². The number of hydrogen-bond donors (Lipinski definition) is 1. The van der Waals surface area contributed by atoms with Gasteiger partial charge in [-0.25, -0.2) is 0 Å². The van der Waals surface area contributed by atoms with E-state index < -0.39 is 6.04 Å². The van der Waals surface area contributed by atoms with Crippen LogP contribution in [0.5, 0.6) is 11.5 Å². The lowest BCUT2D eigenvalue weighted by molar-refractivity contribution is -0.138. The Balaban J connectivity index is 2.06. The highest BCUT2D eigenvalue weighted by atomic mass is 32.2. The monoisotopic (exact) mass is 458 g/mol. The molecule has 2 amide bonds. The lowest BCUT2D eigenvalue weighted by Gasteiger charge is -2.29. The standard InChI is InChI=1S/C25H34N2O4S/c1-18(2)14-26-25(29)19(3)27(15-21-7-6-8-23(13-21)31-5)24(28)17-32-16-20-9-11-22(30-4)12-10-20/h6-13,18-19H,14-17H2,1-5H3,(H,26,29)/t19-/m0/s1. The zero-order chi connectivity index (χ0) is 23.5. The van der Waals surface area contributed by atoms with Crippen LogP contribution in [0, 0.1) is 5.92 Å². The Bertz CT molecular complexity index is 871. The van der Waals surface area contributed by atoms with E-state index in [1.165, 1.54) is 11.8 Å². The molecule has 2 aromatic carbocycles. The molecular weight excluding hydrogens is 424 g/mol. The Morgan fingerprint density at radius 3 is 2.28 bits per heavy atom. The van der Waals surface area contributed by atoms with Gasteiger partial charge in [-0.05, 0) is 48.2 Å². The van der Waals surface area contributed by atoms with Crippen molar-refractivity contribution in [3.05, 3.63) is 59.7 Å². The van der Waals surface area contributed by atoms with Crippen LogP contribution in [0.4, 0.5) is 0 Å². The second-order valence-corrected chi connectivity index (χ2v) is 9.01. The predicted molar refractivity (Wildman–Crippen MR) is 130 cm³/mol. The highest BCUT2D eigenvalue weighted by molar-refractivity contribution is 7.99. The van der Waals surface area contributed by atoms with Crippen molar-refractivity contribution in [2.45, 2.75) is 39.1 Å². The van der Waals surface area contributed by atoms with Crippen molar-refractivity contribution in [1.82, 2.24) is 10.2 Å². The van der Waals surface area contributed by atoms with Gasteiger partial charge < -0.3 is 19.7 Å². The zero-order valence-electron chi connectivity index (χ0n) is 19.6. The minimum Gasteiger partial charge on any atom is -0.497 e. The van der Waals surface area contributed by atoms with Crippen LogP contribution < -0.4 is 14.8 Å². The largest absolute Gasteiger partial charge is 0.497 e. The normalized spacial score (nSPS) is 11.7.